The zero-order valence-corrected chi connectivity index (χ0v) is 18.8. The Bertz CT molecular complexity index is 1070. The van der Waals surface area contributed by atoms with Gasteiger partial charge in [0.05, 0.1) is 16.9 Å². The Kier molecular flexibility index (Phi) is 6.87. The highest BCUT2D eigenvalue weighted by molar-refractivity contribution is 7.92. The zero-order valence-electron chi connectivity index (χ0n) is 18.0. The highest BCUT2D eigenvalue weighted by atomic mass is 32.2. The number of amides is 1. The van der Waals surface area contributed by atoms with Gasteiger partial charge in [0.15, 0.2) is 0 Å². The molecule has 30 heavy (non-hydrogen) atoms. The van der Waals surface area contributed by atoms with Crippen LogP contribution < -0.4 is 9.62 Å². The van der Waals surface area contributed by atoms with Gasteiger partial charge in [-0.15, -0.1) is 0 Å². The quantitative estimate of drug-likeness (QED) is 0.524. The van der Waals surface area contributed by atoms with Gasteiger partial charge in [-0.25, -0.2) is 8.42 Å². The van der Waals surface area contributed by atoms with Crippen LogP contribution in [-0.2, 0) is 14.8 Å². The van der Waals surface area contributed by atoms with Gasteiger partial charge in [-0.3, -0.25) is 19.2 Å². The topological polar surface area (TPSA) is 110 Å². The summed E-state index contributed by atoms with van der Waals surface area (Å²) in [4.78, 5) is 23.8. The average molecular weight is 434 g/mol. The van der Waals surface area contributed by atoms with Crippen molar-refractivity contribution < 1.29 is 18.1 Å². The monoisotopic (exact) mass is 433 g/mol. The molecule has 162 valence electrons. The molecule has 1 atom stereocenters. The fraction of sp³-hybridized carbons (Fsp3) is 0.381. The lowest BCUT2D eigenvalue weighted by atomic mass is 10.0. The van der Waals surface area contributed by atoms with Crippen LogP contribution in [0, 0.1) is 37.8 Å². The van der Waals surface area contributed by atoms with E-state index in [0.717, 1.165) is 27.3 Å². The molecular weight excluding hydrogens is 406 g/mol. The summed E-state index contributed by atoms with van der Waals surface area (Å²) in [5.41, 5.74) is 3.81. The SMILES string of the molecule is CC[C@@H](C(=O)Nc1c(C)cc(C)cc1C)N(c1cc([N+](=O)[O-])ccc1C)S(C)(=O)=O. The van der Waals surface area contributed by atoms with Crippen LogP contribution in [0.5, 0.6) is 0 Å². The summed E-state index contributed by atoms with van der Waals surface area (Å²) in [6.07, 6.45) is 1.18. The van der Waals surface area contributed by atoms with Crippen LogP contribution in [0.1, 0.15) is 35.6 Å². The van der Waals surface area contributed by atoms with Crippen LogP contribution in [0.4, 0.5) is 17.1 Å². The normalized spacial score (nSPS) is 12.3. The molecule has 0 bridgehead atoms. The maximum Gasteiger partial charge on any atom is 0.271 e. The summed E-state index contributed by atoms with van der Waals surface area (Å²) in [5.74, 6) is -0.496. The van der Waals surface area contributed by atoms with E-state index in [1.54, 1.807) is 13.8 Å². The van der Waals surface area contributed by atoms with E-state index in [1.807, 2.05) is 32.9 Å². The van der Waals surface area contributed by atoms with E-state index in [-0.39, 0.29) is 17.8 Å². The van der Waals surface area contributed by atoms with Gasteiger partial charge in [-0.1, -0.05) is 30.7 Å². The van der Waals surface area contributed by atoms with Gasteiger partial charge in [0.1, 0.15) is 6.04 Å². The van der Waals surface area contributed by atoms with Crippen molar-refractivity contribution in [3.63, 3.8) is 0 Å². The second kappa shape index (κ2) is 8.83. The Hall–Kier alpha value is -2.94. The van der Waals surface area contributed by atoms with Crippen molar-refractivity contribution in [2.45, 2.75) is 47.1 Å². The Morgan fingerprint density at radius 2 is 1.67 bits per heavy atom. The number of carbonyl (C=O) groups excluding carboxylic acids is 1. The summed E-state index contributed by atoms with van der Waals surface area (Å²) in [7, 11) is -3.91. The van der Waals surface area contributed by atoms with E-state index in [0.29, 0.717) is 11.3 Å². The van der Waals surface area contributed by atoms with E-state index in [1.165, 1.54) is 18.2 Å². The minimum absolute atomic E-state index is 0.117. The number of anilines is 2. The van der Waals surface area contributed by atoms with Crippen LogP contribution in [-0.4, -0.2) is 31.5 Å². The van der Waals surface area contributed by atoms with Crippen LogP contribution in [0.15, 0.2) is 30.3 Å². The fourth-order valence-electron chi connectivity index (χ4n) is 3.57. The highest BCUT2D eigenvalue weighted by Crippen LogP contribution is 2.31. The maximum absolute atomic E-state index is 13.2. The largest absolute Gasteiger partial charge is 0.324 e. The molecular formula is C21H27N3O5S. The third kappa shape index (κ3) is 4.96. The first-order chi connectivity index (χ1) is 13.9. The van der Waals surface area contributed by atoms with Crippen molar-refractivity contribution in [3.8, 4) is 0 Å². The number of nitro groups is 1. The molecule has 9 heteroatoms. The number of non-ortho nitro benzene ring substituents is 1. The van der Waals surface area contributed by atoms with Crippen LogP contribution in [0.25, 0.3) is 0 Å². The van der Waals surface area contributed by atoms with Crippen molar-refractivity contribution in [3.05, 3.63) is 62.7 Å². The first kappa shape index (κ1) is 23.3. The van der Waals surface area contributed by atoms with Gasteiger partial charge >= 0.3 is 0 Å². The van der Waals surface area contributed by atoms with Gasteiger partial charge in [0, 0.05) is 17.8 Å². The third-order valence-corrected chi connectivity index (χ3v) is 6.06. The van der Waals surface area contributed by atoms with Crippen molar-refractivity contribution in [2.75, 3.05) is 15.9 Å². The van der Waals surface area contributed by atoms with Crippen LogP contribution >= 0.6 is 0 Å². The molecule has 2 aromatic rings. The molecule has 0 aliphatic carbocycles. The first-order valence-corrected chi connectivity index (χ1v) is 11.3. The summed E-state index contributed by atoms with van der Waals surface area (Å²) >= 11 is 0. The number of aryl methyl sites for hydroxylation is 4. The third-order valence-electron chi connectivity index (χ3n) is 4.90. The molecule has 1 amide bonds. The molecule has 0 aromatic heterocycles. The molecule has 1 N–H and O–H groups in total. The Balaban J connectivity index is 2.55. The van der Waals surface area contributed by atoms with E-state index in [9.17, 15) is 23.3 Å². The molecule has 0 unspecified atom stereocenters. The number of hydrogen-bond donors (Lipinski definition) is 1. The molecule has 0 saturated heterocycles. The minimum Gasteiger partial charge on any atom is -0.324 e. The predicted molar refractivity (Wildman–Crippen MR) is 119 cm³/mol. The highest BCUT2D eigenvalue weighted by Gasteiger charge is 2.33. The first-order valence-electron chi connectivity index (χ1n) is 9.50. The lowest BCUT2D eigenvalue weighted by Crippen LogP contribution is -2.47. The number of nitrogens with one attached hydrogen (secondary N) is 1. The van der Waals surface area contributed by atoms with Gasteiger partial charge < -0.3 is 5.32 Å². The smallest absolute Gasteiger partial charge is 0.271 e. The summed E-state index contributed by atoms with van der Waals surface area (Å²) < 4.78 is 26.3. The van der Waals surface area contributed by atoms with Crippen LogP contribution in [0.2, 0.25) is 0 Å². The van der Waals surface area contributed by atoms with Crippen molar-refractivity contribution >= 4 is 33.0 Å². The molecule has 0 fully saturated rings. The Morgan fingerprint density at radius 3 is 2.13 bits per heavy atom. The average Bonchev–Trinajstić information content (AvgIpc) is 2.62. The van der Waals surface area contributed by atoms with E-state index >= 15 is 0 Å². The van der Waals surface area contributed by atoms with Gasteiger partial charge in [-0.05, 0) is 50.8 Å². The molecule has 0 heterocycles. The number of hydrogen-bond acceptors (Lipinski definition) is 5. The number of sulfonamides is 1. The minimum atomic E-state index is -3.91. The van der Waals surface area contributed by atoms with Crippen molar-refractivity contribution in [1.29, 1.82) is 0 Å². The van der Waals surface area contributed by atoms with Crippen molar-refractivity contribution in [1.82, 2.24) is 0 Å². The Labute approximate surface area is 177 Å². The Morgan fingerprint density at radius 1 is 1.10 bits per heavy atom. The van der Waals surface area contributed by atoms with E-state index in [4.69, 9.17) is 0 Å². The van der Waals surface area contributed by atoms with Crippen LogP contribution in [0.3, 0.4) is 0 Å². The molecule has 0 saturated carbocycles. The fourth-order valence-corrected chi connectivity index (χ4v) is 4.83. The number of carbonyl (C=O) groups is 1. The standard InChI is InChI=1S/C21H27N3O5S/c1-7-18(21(25)22-20-15(4)10-13(2)11-16(20)5)23(30(6,28)29)19-12-17(24(26)27)9-8-14(19)3/h8-12,18H,7H2,1-6H3,(H,22,25)/t18-/m0/s1. The van der Waals surface area contributed by atoms with E-state index < -0.39 is 26.9 Å². The maximum atomic E-state index is 13.2. The molecule has 0 radical (unpaired) electrons. The summed E-state index contributed by atoms with van der Waals surface area (Å²) in [5, 5.41) is 14.1. The molecule has 0 aliphatic heterocycles. The second-order valence-electron chi connectivity index (χ2n) is 7.47. The predicted octanol–water partition coefficient (Wildman–Crippen LogP) is 4.01. The van der Waals surface area contributed by atoms with Gasteiger partial charge in [0.25, 0.3) is 5.69 Å². The molecule has 8 nitrogen and oxygen atoms in total. The lowest BCUT2D eigenvalue weighted by molar-refractivity contribution is -0.384. The lowest BCUT2D eigenvalue weighted by Gasteiger charge is -2.31. The molecule has 2 rings (SSSR count). The number of benzene rings is 2. The number of rotatable bonds is 7. The van der Waals surface area contributed by atoms with E-state index in [2.05, 4.69) is 5.32 Å². The number of nitro benzene ring substituents is 1. The summed E-state index contributed by atoms with van der Waals surface area (Å²) in [6, 6.07) is 6.77. The number of nitrogens with zero attached hydrogens (tertiary/aromatic N) is 2. The van der Waals surface area contributed by atoms with Crippen molar-refractivity contribution in [2.24, 2.45) is 0 Å². The summed E-state index contributed by atoms with van der Waals surface area (Å²) in [6.45, 7) is 9.04. The molecule has 0 spiro atoms. The molecule has 2 aromatic carbocycles. The van der Waals surface area contributed by atoms with Gasteiger partial charge in [0.2, 0.25) is 15.9 Å². The van der Waals surface area contributed by atoms with Gasteiger partial charge in [-0.2, -0.15) is 0 Å². The second-order valence-corrected chi connectivity index (χ2v) is 9.33. The molecule has 0 aliphatic rings. The zero-order chi connectivity index (χ0) is 22.8.